The first-order valence-corrected chi connectivity index (χ1v) is 8.19. The van der Waals surface area contributed by atoms with Crippen LogP contribution in [-0.2, 0) is 13.1 Å². The fraction of sp³-hybridized carbons (Fsp3) is 0.267. The maximum absolute atomic E-state index is 13.7. The van der Waals surface area contributed by atoms with Gasteiger partial charge in [0, 0.05) is 28.5 Å². The molecular weight excluding hydrogens is 480 g/mol. The molecule has 0 saturated carbocycles. The Balaban J connectivity index is 0.00000242. The summed E-state index contributed by atoms with van der Waals surface area (Å²) in [5.74, 6) is 0.428. The standard InChI is InChI=1S/C15H17BrFN3S.HI/c1-10-5-6-21-14(10)9-20-15(18-2)19-8-11-7-12(16)3-4-13(11)17;/h3-7H,8-9H2,1-2H3,(H2,18,19,20);1H. The van der Waals surface area contributed by atoms with E-state index in [9.17, 15) is 4.39 Å². The SMILES string of the molecule is CN=C(NCc1cc(Br)ccc1F)NCc1sccc1C.I. The monoisotopic (exact) mass is 497 g/mol. The van der Waals surface area contributed by atoms with Crippen molar-refractivity contribution in [1.29, 1.82) is 0 Å². The Bertz CT molecular complexity index is 645. The molecule has 0 aliphatic carbocycles. The zero-order chi connectivity index (χ0) is 15.2. The molecule has 120 valence electrons. The molecular formula is C15H18BrFIN3S. The number of nitrogens with zero attached hydrogens (tertiary/aromatic N) is 1. The van der Waals surface area contributed by atoms with E-state index in [1.165, 1.54) is 16.5 Å². The molecule has 22 heavy (non-hydrogen) atoms. The normalized spacial score (nSPS) is 11.0. The predicted octanol–water partition coefficient (Wildman–Crippen LogP) is 4.44. The van der Waals surface area contributed by atoms with E-state index in [4.69, 9.17) is 0 Å². The van der Waals surface area contributed by atoms with E-state index in [1.54, 1.807) is 30.5 Å². The van der Waals surface area contributed by atoms with Gasteiger partial charge < -0.3 is 10.6 Å². The number of nitrogens with one attached hydrogen (secondary N) is 2. The maximum Gasteiger partial charge on any atom is 0.191 e. The smallest absolute Gasteiger partial charge is 0.191 e. The predicted molar refractivity (Wildman–Crippen MR) is 106 cm³/mol. The quantitative estimate of drug-likeness (QED) is 0.372. The lowest BCUT2D eigenvalue weighted by Crippen LogP contribution is -2.36. The molecule has 3 nitrogen and oxygen atoms in total. The van der Waals surface area contributed by atoms with Crippen molar-refractivity contribution in [3.8, 4) is 0 Å². The summed E-state index contributed by atoms with van der Waals surface area (Å²) >= 11 is 5.06. The lowest BCUT2D eigenvalue weighted by atomic mass is 10.2. The minimum Gasteiger partial charge on any atom is -0.352 e. The highest BCUT2D eigenvalue weighted by Gasteiger charge is 2.05. The van der Waals surface area contributed by atoms with Crippen LogP contribution in [-0.4, -0.2) is 13.0 Å². The van der Waals surface area contributed by atoms with Crippen LogP contribution in [0.2, 0.25) is 0 Å². The largest absolute Gasteiger partial charge is 0.352 e. The van der Waals surface area contributed by atoms with Crippen LogP contribution in [0.25, 0.3) is 0 Å². The molecule has 1 heterocycles. The van der Waals surface area contributed by atoms with Crippen LogP contribution in [0, 0.1) is 12.7 Å². The zero-order valence-electron chi connectivity index (χ0n) is 12.3. The van der Waals surface area contributed by atoms with Crippen LogP contribution in [0.1, 0.15) is 16.0 Å². The van der Waals surface area contributed by atoms with Gasteiger partial charge in [-0.3, -0.25) is 4.99 Å². The summed E-state index contributed by atoms with van der Waals surface area (Å²) in [4.78, 5) is 5.42. The fourth-order valence-electron chi connectivity index (χ4n) is 1.83. The molecule has 1 aromatic carbocycles. The molecule has 7 heteroatoms. The molecule has 0 unspecified atom stereocenters. The molecule has 2 rings (SSSR count). The van der Waals surface area contributed by atoms with E-state index in [-0.39, 0.29) is 29.8 Å². The van der Waals surface area contributed by atoms with E-state index in [2.05, 4.69) is 49.9 Å². The molecule has 2 N–H and O–H groups in total. The van der Waals surface area contributed by atoms with Gasteiger partial charge >= 0.3 is 0 Å². The van der Waals surface area contributed by atoms with Gasteiger partial charge in [-0.15, -0.1) is 35.3 Å². The lowest BCUT2D eigenvalue weighted by Gasteiger charge is -2.12. The van der Waals surface area contributed by atoms with Crippen LogP contribution in [0.15, 0.2) is 39.1 Å². The highest BCUT2D eigenvalue weighted by Crippen LogP contribution is 2.16. The molecule has 0 aliphatic rings. The van der Waals surface area contributed by atoms with Crippen LogP contribution < -0.4 is 10.6 Å². The fourth-order valence-corrected chi connectivity index (χ4v) is 3.08. The number of thiophene rings is 1. The van der Waals surface area contributed by atoms with Gasteiger partial charge in [-0.25, -0.2) is 4.39 Å². The molecule has 0 atom stereocenters. The Labute approximate surface area is 159 Å². The van der Waals surface area contributed by atoms with Gasteiger partial charge in [0.15, 0.2) is 5.96 Å². The van der Waals surface area contributed by atoms with Gasteiger partial charge in [-0.1, -0.05) is 15.9 Å². The Morgan fingerprint density at radius 2 is 2.00 bits per heavy atom. The van der Waals surface area contributed by atoms with Crippen LogP contribution in [0.4, 0.5) is 4.39 Å². The van der Waals surface area contributed by atoms with E-state index in [0.717, 1.165) is 4.47 Å². The first-order chi connectivity index (χ1) is 10.1. The van der Waals surface area contributed by atoms with Crippen molar-refractivity contribution in [1.82, 2.24) is 10.6 Å². The molecule has 0 spiro atoms. The Morgan fingerprint density at radius 3 is 2.64 bits per heavy atom. The highest BCUT2D eigenvalue weighted by molar-refractivity contribution is 14.0. The van der Waals surface area contributed by atoms with Gasteiger partial charge in [-0.2, -0.15) is 0 Å². The van der Waals surface area contributed by atoms with Crippen molar-refractivity contribution in [2.24, 2.45) is 4.99 Å². The second-order valence-corrected chi connectivity index (χ2v) is 6.46. The van der Waals surface area contributed by atoms with Gasteiger partial charge in [0.2, 0.25) is 0 Å². The summed E-state index contributed by atoms with van der Waals surface area (Å²) in [6.07, 6.45) is 0. The number of rotatable bonds is 4. The van der Waals surface area contributed by atoms with Crippen molar-refractivity contribution in [3.05, 3.63) is 55.9 Å². The summed E-state index contributed by atoms with van der Waals surface area (Å²) in [7, 11) is 1.70. The van der Waals surface area contributed by atoms with Crippen LogP contribution >= 0.6 is 51.2 Å². The Kier molecular flexibility index (Phi) is 8.34. The van der Waals surface area contributed by atoms with E-state index < -0.39 is 0 Å². The lowest BCUT2D eigenvalue weighted by molar-refractivity contribution is 0.604. The average molecular weight is 498 g/mol. The topological polar surface area (TPSA) is 36.4 Å². The molecule has 0 fully saturated rings. The van der Waals surface area contributed by atoms with Gasteiger partial charge in [0.05, 0.1) is 6.54 Å². The summed E-state index contributed by atoms with van der Waals surface area (Å²) in [6.45, 7) is 3.18. The molecule has 0 bridgehead atoms. The number of aliphatic imine (C=N–C) groups is 1. The summed E-state index contributed by atoms with van der Waals surface area (Å²) in [6, 6.07) is 6.99. The van der Waals surface area contributed by atoms with Gasteiger partial charge in [0.25, 0.3) is 0 Å². The minimum absolute atomic E-state index is 0. The second-order valence-electron chi connectivity index (χ2n) is 4.54. The maximum atomic E-state index is 13.7. The van der Waals surface area contributed by atoms with Crippen molar-refractivity contribution in [3.63, 3.8) is 0 Å². The van der Waals surface area contributed by atoms with Crippen molar-refractivity contribution in [2.75, 3.05) is 7.05 Å². The Morgan fingerprint density at radius 1 is 1.27 bits per heavy atom. The third-order valence-electron chi connectivity index (χ3n) is 3.06. The van der Waals surface area contributed by atoms with E-state index in [0.29, 0.717) is 24.6 Å². The number of guanidine groups is 1. The molecule has 0 amide bonds. The Hall–Kier alpha value is -0.670. The van der Waals surface area contributed by atoms with Crippen LogP contribution in [0.5, 0.6) is 0 Å². The number of halogens is 3. The molecule has 0 radical (unpaired) electrons. The zero-order valence-corrected chi connectivity index (χ0v) is 17.1. The first-order valence-electron chi connectivity index (χ1n) is 6.51. The van der Waals surface area contributed by atoms with Crippen molar-refractivity contribution in [2.45, 2.75) is 20.0 Å². The highest BCUT2D eigenvalue weighted by atomic mass is 127. The number of hydrogen-bond acceptors (Lipinski definition) is 2. The summed E-state index contributed by atoms with van der Waals surface area (Å²) < 4.78 is 14.5. The van der Waals surface area contributed by atoms with Crippen molar-refractivity contribution >= 4 is 57.2 Å². The third-order valence-corrected chi connectivity index (χ3v) is 4.58. The van der Waals surface area contributed by atoms with Gasteiger partial charge in [-0.05, 0) is 42.1 Å². The third kappa shape index (κ3) is 5.51. The molecule has 2 aromatic rings. The second kappa shape index (κ2) is 9.46. The van der Waals surface area contributed by atoms with Gasteiger partial charge in [0.1, 0.15) is 5.82 Å². The number of hydrogen-bond donors (Lipinski definition) is 2. The van der Waals surface area contributed by atoms with E-state index >= 15 is 0 Å². The molecule has 0 saturated heterocycles. The number of benzene rings is 1. The summed E-state index contributed by atoms with van der Waals surface area (Å²) in [5.41, 5.74) is 1.86. The first kappa shape index (κ1) is 19.4. The van der Waals surface area contributed by atoms with Crippen molar-refractivity contribution < 1.29 is 4.39 Å². The summed E-state index contributed by atoms with van der Waals surface area (Å²) in [5, 5.41) is 8.42. The van der Waals surface area contributed by atoms with Crippen LogP contribution in [0.3, 0.4) is 0 Å². The average Bonchev–Trinajstić information content (AvgIpc) is 2.88. The molecule has 1 aromatic heterocycles. The minimum atomic E-state index is -0.227. The molecule has 0 aliphatic heterocycles. The number of aryl methyl sites for hydroxylation is 1. The van der Waals surface area contributed by atoms with E-state index in [1.807, 2.05) is 0 Å².